The van der Waals surface area contributed by atoms with Crippen LogP contribution in [-0.2, 0) is 17.7 Å². The zero-order valence-corrected chi connectivity index (χ0v) is 15.2. The number of ether oxygens (including phenoxy) is 1. The van der Waals surface area contributed by atoms with E-state index in [0.717, 1.165) is 45.9 Å². The van der Waals surface area contributed by atoms with Gasteiger partial charge in [0.15, 0.2) is 0 Å². The molecule has 0 bridgehead atoms. The maximum atomic E-state index is 5.83. The van der Waals surface area contributed by atoms with E-state index < -0.39 is 0 Å². The van der Waals surface area contributed by atoms with Gasteiger partial charge in [-0.2, -0.15) is 0 Å². The first-order chi connectivity index (χ1) is 12.2. The Labute approximate surface area is 149 Å². The Bertz CT molecular complexity index is 631. The SMILES string of the molecule is CCOCCN1CCN(Cc2nnc(Cc3ccccc3)o2)C[C@H]1C. The molecule has 1 aromatic heterocycles. The molecule has 0 aliphatic carbocycles. The van der Waals surface area contributed by atoms with Crippen molar-refractivity contribution in [3.05, 3.63) is 47.7 Å². The zero-order valence-electron chi connectivity index (χ0n) is 15.2. The van der Waals surface area contributed by atoms with E-state index in [1.165, 1.54) is 5.56 Å². The highest BCUT2D eigenvalue weighted by molar-refractivity contribution is 5.17. The highest BCUT2D eigenvalue weighted by Crippen LogP contribution is 2.14. The van der Waals surface area contributed by atoms with Crippen molar-refractivity contribution >= 4 is 0 Å². The summed E-state index contributed by atoms with van der Waals surface area (Å²) in [5.74, 6) is 1.39. The third-order valence-electron chi connectivity index (χ3n) is 4.64. The molecule has 0 unspecified atom stereocenters. The first kappa shape index (κ1) is 18.0. The molecule has 136 valence electrons. The van der Waals surface area contributed by atoms with Crippen LogP contribution in [0.1, 0.15) is 31.2 Å². The van der Waals surface area contributed by atoms with Gasteiger partial charge in [-0.3, -0.25) is 9.80 Å². The summed E-state index contributed by atoms with van der Waals surface area (Å²) >= 11 is 0. The smallest absolute Gasteiger partial charge is 0.230 e. The second kappa shape index (κ2) is 9.08. The summed E-state index contributed by atoms with van der Waals surface area (Å²) in [6.45, 7) is 10.7. The third-order valence-corrected chi connectivity index (χ3v) is 4.64. The highest BCUT2D eigenvalue weighted by atomic mass is 16.5. The Kier molecular flexibility index (Phi) is 6.55. The van der Waals surface area contributed by atoms with Gasteiger partial charge in [-0.1, -0.05) is 30.3 Å². The molecule has 6 heteroatoms. The van der Waals surface area contributed by atoms with E-state index in [4.69, 9.17) is 9.15 Å². The molecule has 2 heterocycles. The largest absolute Gasteiger partial charge is 0.424 e. The number of nitrogens with zero attached hydrogens (tertiary/aromatic N) is 4. The van der Waals surface area contributed by atoms with Gasteiger partial charge in [-0.05, 0) is 19.4 Å². The molecular weight excluding hydrogens is 316 g/mol. The molecule has 1 atom stereocenters. The Morgan fingerprint density at radius 2 is 1.96 bits per heavy atom. The van der Waals surface area contributed by atoms with Crippen LogP contribution in [0.4, 0.5) is 0 Å². The molecular formula is C19H28N4O2. The second-order valence-corrected chi connectivity index (χ2v) is 6.57. The van der Waals surface area contributed by atoms with Gasteiger partial charge in [0.1, 0.15) is 0 Å². The standard InChI is InChI=1S/C19H28N4O2/c1-3-24-12-11-23-10-9-22(14-16(23)2)15-19-21-20-18(25-19)13-17-7-5-4-6-8-17/h4-8,16H,3,9-15H2,1-2H3/t16-/m1/s1. The van der Waals surface area contributed by atoms with E-state index in [1.807, 2.05) is 25.1 Å². The van der Waals surface area contributed by atoms with E-state index in [0.29, 0.717) is 24.2 Å². The topological polar surface area (TPSA) is 54.6 Å². The minimum atomic E-state index is 0.515. The number of benzene rings is 1. The number of hydrogen-bond acceptors (Lipinski definition) is 6. The van der Waals surface area contributed by atoms with Crippen LogP contribution in [-0.4, -0.2) is 65.4 Å². The lowest BCUT2D eigenvalue weighted by Gasteiger charge is -2.39. The summed E-state index contributed by atoms with van der Waals surface area (Å²) in [4.78, 5) is 4.88. The lowest BCUT2D eigenvalue weighted by Crippen LogP contribution is -2.52. The number of piperazine rings is 1. The van der Waals surface area contributed by atoms with E-state index in [1.54, 1.807) is 0 Å². The summed E-state index contributed by atoms with van der Waals surface area (Å²) in [5.41, 5.74) is 1.19. The molecule has 2 aromatic rings. The number of hydrogen-bond donors (Lipinski definition) is 0. The molecule has 3 rings (SSSR count). The van der Waals surface area contributed by atoms with Gasteiger partial charge in [0, 0.05) is 38.8 Å². The molecule has 1 aliphatic heterocycles. The summed E-state index contributed by atoms with van der Waals surface area (Å²) in [6, 6.07) is 10.7. The fourth-order valence-corrected chi connectivity index (χ4v) is 3.26. The van der Waals surface area contributed by atoms with Gasteiger partial charge in [-0.15, -0.1) is 10.2 Å². The summed E-state index contributed by atoms with van der Waals surface area (Å²) in [7, 11) is 0. The van der Waals surface area contributed by atoms with Crippen molar-refractivity contribution in [3.8, 4) is 0 Å². The molecule has 0 radical (unpaired) electrons. The van der Waals surface area contributed by atoms with Crippen molar-refractivity contribution in [3.63, 3.8) is 0 Å². The molecule has 1 fully saturated rings. The van der Waals surface area contributed by atoms with Crippen molar-refractivity contribution in [1.82, 2.24) is 20.0 Å². The van der Waals surface area contributed by atoms with Crippen LogP contribution >= 0.6 is 0 Å². The van der Waals surface area contributed by atoms with Gasteiger partial charge >= 0.3 is 0 Å². The van der Waals surface area contributed by atoms with Crippen molar-refractivity contribution in [1.29, 1.82) is 0 Å². The first-order valence-corrected chi connectivity index (χ1v) is 9.14. The normalized spacial score (nSPS) is 19.4. The van der Waals surface area contributed by atoms with Crippen molar-refractivity contribution < 1.29 is 9.15 Å². The minimum Gasteiger partial charge on any atom is -0.424 e. The summed E-state index contributed by atoms with van der Waals surface area (Å²) in [6.07, 6.45) is 0.690. The van der Waals surface area contributed by atoms with Gasteiger partial charge in [-0.25, -0.2) is 0 Å². The lowest BCUT2D eigenvalue weighted by molar-refractivity contribution is 0.0435. The molecule has 0 N–H and O–H groups in total. The predicted molar refractivity (Wildman–Crippen MR) is 96.4 cm³/mol. The number of aromatic nitrogens is 2. The van der Waals surface area contributed by atoms with Crippen LogP contribution in [0.2, 0.25) is 0 Å². The quantitative estimate of drug-likeness (QED) is 0.685. The first-order valence-electron chi connectivity index (χ1n) is 9.14. The summed E-state index contributed by atoms with van der Waals surface area (Å²) in [5, 5.41) is 8.41. The highest BCUT2D eigenvalue weighted by Gasteiger charge is 2.24. The number of rotatable bonds is 8. The molecule has 1 saturated heterocycles. The van der Waals surface area contributed by atoms with Gasteiger partial charge in [0.25, 0.3) is 0 Å². The molecule has 0 amide bonds. The van der Waals surface area contributed by atoms with Gasteiger partial charge in [0.2, 0.25) is 11.8 Å². The monoisotopic (exact) mass is 344 g/mol. The molecule has 0 saturated carbocycles. The van der Waals surface area contributed by atoms with E-state index >= 15 is 0 Å². The van der Waals surface area contributed by atoms with Crippen molar-refractivity contribution in [2.24, 2.45) is 0 Å². The average molecular weight is 344 g/mol. The average Bonchev–Trinajstić information content (AvgIpc) is 3.05. The van der Waals surface area contributed by atoms with Crippen LogP contribution < -0.4 is 0 Å². The molecule has 25 heavy (non-hydrogen) atoms. The molecule has 1 aromatic carbocycles. The zero-order chi connectivity index (χ0) is 17.5. The van der Waals surface area contributed by atoms with Crippen molar-refractivity contribution in [2.75, 3.05) is 39.4 Å². The molecule has 0 spiro atoms. The maximum absolute atomic E-state index is 5.83. The van der Waals surface area contributed by atoms with Crippen LogP contribution in [0, 0.1) is 0 Å². The predicted octanol–water partition coefficient (Wildman–Crippen LogP) is 2.20. The van der Waals surface area contributed by atoms with Crippen LogP contribution in [0.5, 0.6) is 0 Å². The van der Waals surface area contributed by atoms with Crippen LogP contribution in [0.15, 0.2) is 34.7 Å². The fraction of sp³-hybridized carbons (Fsp3) is 0.579. The van der Waals surface area contributed by atoms with E-state index in [2.05, 4.69) is 39.1 Å². The van der Waals surface area contributed by atoms with E-state index in [9.17, 15) is 0 Å². The molecule has 1 aliphatic rings. The van der Waals surface area contributed by atoms with Crippen LogP contribution in [0.25, 0.3) is 0 Å². The fourth-order valence-electron chi connectivity index (χ4n) is 3.26. The van der Waals surface area contributed by atoms with Gasteiger partial charge < -0.3 is 9.15 Å². The van der Waals surface area contributed by atoms with E-state index in [-0.39, 0.29) is 0 Å². The Hall–Kier alpha value is -1.76. The maximum Gasteiger partial charge on any atom is 0.230 e. The third kappa shape index (κ3) is 5.36. The van der Waals surface area contributed by atoms with Crippen LogP contribution in [0.3, 0.4) is 0 Å². The lowest BCUT2D eigenvalue weighted by atomic mass is 10.2. The Morgan fingerprint density at radius 3 is 2.72 bits per heavy atom. The molecule has 6 nitrogen and oxygen atoms in total. The Balaban J connectivity index is 1.47. The second-order valence-electron chi connectivity index (χ2n) is 6.57. The van der Waals surface area contributed by atoms with Gasteiger partial charge in [0.05, 0.1) is 19.6 Å². The Morgan fingerprint density at radius 1 is 1.16 bits per heavy atom. The summed E-state index contributed by atoms with van der Waals surface area (Å²) < 4.78 is 11.3. The minimum absolute atomic E-state index is 0.515. The van der Waals surface area contributed by atoms with Crippen molar-refractivity contribution in [2.45, 2.75) is 32.9 Å².